The van der Waals surface area contributed by atoms with E-state index >= 15 is 0 Å². The third-order valence-electron chi connectivity index (χ3n) is 16.6. The van der Waals surface area contributed by atoms with Gasteiger partial charge in [0.1, 0.15) is 73.0 Å². The van der Waals surface area contributed by atoms with Crippen LogP contribution in [0.15, 0.2) is 12.7 Å². The normalized spacial score (nSPS) is 14.9. The Kier molecular flexibility index (Phi) is 41.1. The van der Waals surface area contributed by atoms with E-state index in [1.54, 1.807) is 27.7 Å². The van der Waals surface area contributed by atoms with Crippen LogP contribution in [-0.4, -0.2) is 206 Å². The number of nitrogen functional groups attached to an aromatic ring is 1. The zero-order valence-corrected chi connectivity index (χ0v) is 60.3. The van der Waals surface area contributed by atoms with E-state index in [0.29, 0.717) is 69.1 Å². The van der Waals surface area contributed by atoms with Crippen molar-refractivity contribution < 1.29 is 63.0 Å². The summed E-state index contributed by atoms with van der Waals surface area (Å²) in [5.41, 5.74) is 29.8. The van der Waals surface area contributed by atoms with Gasteiger partial charge in [-0.15, -0.1) is 0 Å². The SMILES string of the molecule is CC[C@H](C)[C@H](NC(=O)[C@@H](NC(=O)[C@H](CC(C)C)NC(=O)[C@H](CCCCNC(=O)CN(CCN)C(=O)Cn1cnc2c(N)ncnc21)NC(=O)[C@H](CC(C)C)NC(=O)[C@H](CCCCN)NC(=O)[C@H](CCCCN)NC(=O)[C@H](CC(C)C)NC(=O)[C@H](CCCCN)NC(C)O)C(C)C)C(=O)O. The van der Waals surface area contributed by atoms with Crippen molar-refractivity contribution in [2.24, 2.45) is 52.5 Å². The quantitative estimate of drug-likeness (QED) is 0.0278. The molecule has 33 nitrogen and oxygen atoms in total. The van der Waals surface area contributed by atoms with Crippen LogP contribution in [0.25, 0.3) is 11.2 Å². The summed E-state index contributed by atoms with van der Waals surface area (Å²) in [7, 11) is 0. The minimum Gasteiger partial charge on any atom is -0.480 e. The fraction of sp³-hybridized carbons (Fsp3) is 0.758. The fourth-order valence-corrected chi connectivity index (χ4v) is 11.0. The van der Waals surface area contributed by atoms with E-state index in [1.165, 1.54) is 29.0 Å². The van der Waals surface area contributed by atoms with E-state index < -0.39 is 137 Å². The minimum absolute atomic E-state index is 0.0329. The van der Waals surface area contributed by atoms with Crippen LogP contribution in [0.3, 0.4) is 0 Å². The molecule has 2 rings (SSSR count). The number of aliphatic hydroxyl groups excluding tert-OH is 1. The summed E-state index contributed by atoms with van der Waals surface area (Å²) in [4.78, 5) is 168. The number of carbonyl (C=O) groups excluding carboxylic acids is 10. The summed E-state index contributed by atoms with van der Waals surface area (Å²) in [5, 5.41) is 47.9. The standard InChI is InChI=1S/C66H120N20O13/c1-12-42(10)54(66(98)99)84-65(97)53(41(8)9)83-64(96)50(33-40(6)7)82-61(93)47(24-16-20-29-72-51(88)34-85(30-28-70)52(89)35-86-37-75-55-56(71)73-36-74-57(55)86)79-63(95)49(32-39(4)5)81-60(92)46(23-15-19-27-69)77-59(91)45(22-14-18-26-68)78-62(94)48(31-38(2)3)80-58(90)44(76-43(11)87)21-13-17-25-67/h36-50,53-54,76,87H,12-35,67-70H2,1-11H3,(H,72,88)(H,77,91)(H,78,94)(H,79,95)(H,80,90)(H,81,92)(H,82,93)(H,83,96)(H,84,97)(H,98,99)(H2,71,73,74)/t42-,43?,44-,45-,46-,47-,48-,49-,50-,53-,54-/m0/s1. The number of unbranched alkanes of at least 4 members (excludes halogenated alkanes) is 4. The lowest BCUT2D eigenvalue weighted by Gasteiger charge is -2.30. The number of fused-ring (bicyclic) bond motifs is 1. The Labute approximate surface area is 583 Å². The van der Waals surface area contributed by atoms with Gasteiger partial charge in [0.15, 0.2) is 11.5 Å². The van der Waals surface area contributed by atoms with Gasteiger partial charge in [0.05, 0.1) is 18.9 Å². The number of imidazole rings is 1. The van der Waals surface area contributed by atoms with Crippen molar-refractivity contribution in [1.29, 1.82) is 0 Å². The first-order valence-electron chi connectivity index (χ1n) is 35.2. The summed E-state index contributed by atoms with van der Waals surface area (Å²) in [6.07, 6.45) is 6.00. The van der Waals surface area contributed by atoms with Gasteiger partial charge in [-0.3, -0.25) is 53.3 Å². The summed E-state index contributed by atoms with van der Waals surface area (Å²) in [6.45, 7) is 19.7. The first-order chi connectivity index (χ1) is 46.8. The second kappa shape index (κ2) is 46.6. The van der Waals surface area contributed by atoms with Crippen LogP contribution < -0.4 is 81.8 Å². The highest BCUT2D eigenvalue weighted by Crippen LogP contribution is 2.18. The molecule has 0 radical (unpaired) electrons. The largest absolute Gasteiger partial charge is 0.480 e. The van der Waals surface area contributed by atoms with Gasteiger partial charge in [-0.25, -0.2) is 19.7 Å². The predicted octanol–water partition coefficient (Wildman–Crippen LogP) is -1.03. The number of aromatic nitrogens is 4. The van der Waals surface area contributed by atoms with Crippen molar-refractivity contribution in [3.63, 3.8) is 0 Å². The zero-order valence-electron chi connectivity index (χ0n) is 60.3. The molecule has 0 aliphatic carbocycles. The lowest BCUT2D eigenvalue weighted by Crippen LogP contribution is -2.61. The van der Waals surface area contributed by atoms with Crippen molar-refractivity contribution in [3.05, 3.63) is 12.7 Å². The lowest BCUT2D eigenvalue weighted by atomic mass is 9.96. The van der Waals surface area contributed by atoms with Crippen molar-refractivity contribution in [1.82, 2.24) is 77.6 Å². The number of nitrogens with zero attached hydrogens (tertiary/aromatic N) is 5. The van der Waals surface area contributed by atoms with Gasteiger partial charge in [0.2, 0.25) is 59.1 Å². The first-order valence-corrected chi connectivity index (χ1v) is 35.2. The van der Waals surface area contributed by atoms with Crippen LogP contribution in [0.2, 0.25) is 0 Å². The van der Waals surface area contributed by atoms with E-state index in [9.17, 15) is 63.0 Å². The fourth-order valence-electron chi connectivity index (χ4n) is 11.0. The van der Waals surface area contributed by atoms with Gasteiger partial charge in [-0.2, -0.15) is 0 Å². The predicted molar refractivity (Wildman–Crippen MR) is 375 cm³/mol. The molecule has 2 aromatic rings. The molecule has 0 saturated heterocycles. The second-order valence-electron chi connectivity index (χ2n) is 27.2. The molecule has 1 unspecified atom stereocenters. The lowest BCUT2D eigenvalue weighted by molar-refractivity contribution is -0.144. The van der Waals surface area contributed by atoms with Gasteiger partial charge >= 0.3 is 5.97 Å². The monoisotopic (exact) mass is 1400 g/mol. The Bertz CT molecular complexity index is 2860. The highest BCUT2D eigenvalue weighted by molar-refractivity contribution is 5.98. The number of hydrogen-bond acceptors (Lipinski definition) is 21. The maximum Gasteiger partial charge on any atom is 0.326 e. The van der Waals surface area contributed by atoms with Gasteiger partial charge in [-0.05, 0) is 146 Å². The van der Waals surface area contributed by atoms with E-state index in [1.807, 2.05) is 41.5 Å². The molecule has 99 heavy (non-hydrogen) atoms. The van der Waals surface area contributed by atoms with Crippen molar-refractivity contribution in [2.75, 3.05) is 51.5 Å². The molecular weight excluding hydrogens is 1280 g/mol. The van der Waals surface area contributed by atoms with Crippen LogP contribution in [0.1, 0.15) is 179 Å². The third kappa shape index (κ3) is 32.4. The molecule has 0 fully saturated rings. The number of nitrogens with one attached hydrogen (secondary N) is 10. The smallest absolute Gasteiger partial charge is 0.326 e. The average Bonchev–Trinajstić information content (AvgIpc) is 1.69. The van der Waals surface area contributed by atoms with Crippen LogP contribution in [0.4, 0.5) is 5.82 Å². The third-order valence-corrected chi connectivity index (χ3v) is 16.6. The average molecular weight is 1400 g/mol. The number of rotatable bonds is 51. The summed E-state index contributed by atoms with van der Waals surface area (Å²) in [6, 6.07) is -11.0. The number of carbonyl (C=O) groups is 11. The van der Waals surface area contributed by atoms with E-state index in [4.69, 9.17) is 28.7 Å². The van der Waals surface area contributed by atoms with E-state index in [-0.39, 0.29) is 121 Å². The number of aliphatic hydroxyl groups is 1. The molecule has 10 amide bonds. The topological polar surface area (TPSA) is 525 Å². The van der Waals surface area contributed by atoms with Gasteiger partial charge < -0.3 is 96.2 Å². The molecule has 2 aromatic heterocycles. The maximum atomic E-state index is 14.9. The zero-order chi connectivity index (χ0) is 74.5. The number of hydrogen-bond donors (Lipinski definition) is 17. The molecule has 0 spiro atoms. The number of nitrogens with two attached hydrogens (primary N) is 5. The van der Waals surface area contributed by atoms with E-state index in [0.717, 1.165) is 0 Å². The van der Waals surface area contributed by atoms with Crippen LogP contribution in [0, 0.1) is 29.6 Å². The highest BCUT2D eigenvalue weighted by atomic mass is 16.4. The number of amides is 10. The molecule has 2 heterocycles. The Morgan fingerprint density at radius 1 is 0.505 bits per heavy atom. The van der Waals surface area contributed by atoms with Gasteiger partial charge in [0, 0.05) is 19.6 Å². The van der Waals surface area contributed by atoms with Gasteiger partial charge in [0.25, 0.3) is 0 Å². The number of aliphatic carboxylic acids is 1. The number of carboxylic acid groups (broad SMARTS) is 1. The second-order valence-corrected chi connectivity index (χ2v) is 27.2. The molecular formula is C66H120N20O13. The Morgan fingerprint density at radius 2 is 0.909 bits per heavy atom. The summed E-state index contributed by atoms with van der Waals surface area (Å²) in [5.74, 6) is -9.43. The van der Waals surface area contributed by atoms with Crippen LogP contribution >= 0.6 is 0 Å². The maximum absolute atomic E-state index is 14.9. The molecule has 33 heteroatoms. The van der Waals surface area contributed by atoms with Crippen LogP contribution in [-0.2, 0) is 59.3 Å². The van der Waals surface area contributed by atoms with Crippen molar-refractivity contribution in [3.8, 4) is 0 Å². The Hall–Kier alpha value is -7.72. The molecule has 22 N–H and O–H groups in total. The summed E-state index contributed by atoms with van der Waals surface area (Å²) < 4.78 is 1.47. The van der Waals surface area contributed by atoms with Crippen molar-refractivity contribution >= 4 is 82.0 Å². The molecule has 0 aliphatic heterocycles. The van der Waals surface area contributed by atoms with Crippen molar-refractivity contribution in [2.45, 2.75) is 246 Å². The molecule has 0 saturated carbocycles. The van der Waals surface area contributed by atoms with Gasteiger partial charge in [-0.1, -0.05) is 82.1 Å². The molecule has 0 aromatic carbocycles. The Balaban J connectivity index is 2.57. The molecule has 11 atom stereocenters. The number of anilines is 1. The Morgan fingerprint density at radius 3 is 1.31 bits per heavy atom. The van der Waals surface area contributed by atoms with Crippen LogP contribution in [0.5, 0.6) is 0 Å². The minimum atomic E-state index is -1.39. The molecule has 0 bridgehead atoms. The summed E-state index contributed by atoms with van der Waals surface area (Å²) >= 11 is 0. The highest BCUT2D eigenvalue weighted by Gasteiger charge is 2.37. The van der Waals surface area contributed by atoms with E-state index in [2.05, 4.69) is 68.1 Å². The molecule has 562 valence electrons. The molecule has 0 aliphatic rings. The first kappa shape index (κ1) is 87.4. The number of carboxylic acids is 1.